The van der Waals surface area contributed by atoms with Crippen LogP contribution >= 0.6 is 0 Å². The minimum Gasteiger partial charge on any atom is -0.491 e. The summed E-state index contributed by atoms with van der Waals surface area (Å²) in [5, 5.41) is 0. The molecule has 42 heavy (non-hydrogen) atoms. The highest BCUT2D eigenvalue weighted by atomic mass is 28.4. The molecule has 5 rings (SSSR count). The van der Waals surface area contributed by atoms with Gasteiger partial charge in [0.15, 0.2) is 0 Å². The van der Waals surface area contributed by atoms with Crippen LogP contribution in [0.1, 0.15) is 63.3 Å². The number of hydrogen-bond donors (Lipinski definition) is 0. The molecule has 3 unspecified atom stereocenters. The Kier molecular flexibility index (Phi) is 10.6. The first-order chi connectivity index (χ1) is 20.4. The van der Waals surface area contributed by atoms with Crippen LogP contribution in [0.15, 0.2) is 36.4 Å². The van der Waals surface area contributed by atoms with Crippen molar-refractivity contribution in [2.75, 3.05) is 52.9 Å². The van der Waals surface area contributed by atoms with Gasteiger partial charge in [-0.25, -0.2) is 0 Å². The van der Waals surface area contributed by atoms with E-state index in [1.165, 1.54) is 22.3 Å². The van der Waals surface area contributed by atoms with E-state index in [0.29, 0.717) is 33.0 Å². The SMILES string of the molecule is CCO[Si](CCCc1cc(C(C)(C)c2ccc(OCC3CO3)c(CC3CO3)c2)ccc1OCC1CO1)(OCC)OCC. The highest BCUT2D eigenvalue weighted by Crippen LogP contribution is 2.38. The van der Waals surface area contributed by atoms with Gasteiger partial charge >= 0.3 is 8.80 Å². The molecule has 0 aromatic heterocycles. The van der Waals surface area contributed by atoms with Gasteiger partial charge in [-0.3, -0.25) is 0 Å². The molecule has 2 aromatic rings. The Bertz CT molecular complexity index is 1140. The van der Waals surface area contributed by atoms with E-state index in [1.807, 2.05) is 20.8 Å². The van der Waals surface area contributed by atoms with Crippen LogP contribution in [0, 0.1) is 0 Å². The van der Waals surface area contributed by atoms with E-state index in [0.717, 1.165) is 56.6 Å². The van der Waals surface area contributed by atoms with Gasteiger partial charge in [0, 0.05) is 37.7 Å². The van der Waals surface area contributed by atoms with Gasteiger partial charge in [0.25, 0.3) is 0 Å². The van der Waals surface area contributed by atoms with Crippen molar-refractivity contribution in [2.45, 2.75) is 83.7 Å². The summed E-state index contributed by atoms with van der Waals surface area (Å²) < 4.78 is 47.0. The largest absolute Gasteiger partial charge is 0.500 e. The minimum absolute atomic E-state index is 0.198. The third kappa shape index (κ3) is 8.56. The van der Waals surface area contributed by atoms with Gasteiger partial charge in [0.1, 0.15) is 36.9 Å². The van der Waals surface area contributed by atoms with Gasteiger partial charge in [0.2, 0.25) is 0 Å². The maximum atomic E-state index is 6.25. The molecule has 0 saturated carbocycles. The van der Waals surface area contributed by atoms with Gasteiger partial charge in [-0.15, -0.1) is 0 Å². The summed E-state index contributed by atoms with van der Waals surface area (Å²) in [4.78, 5) is 0. The first kappa shape index (κ1) is 31.4. The fourth-order valence-electron chi connectivity index (χ4n) is 5.36. The molecule has 0 N–H and O–H groups in total. The lowest BCUT2D eigenvalue weighted by molar-refractivity contribution is 0.0708. The monoisotopic (exact) mass is 600 g/mol. The van der Waals surface area contributed by atoms with Gasteiger partial charge in [-0.1, -0.05) is 38.1 Å². The number of benzene rings is 2. The van der Waals surface area contributed by atoms with Crippen molar-refractivity contribution in [2.24, 2.45) is 0 Å². The first-order valence-electron chi connectivity index (χ1n) is 15.6. The zero-order valence-electron chi connectivity index (χ0n) is 25.9. The van der Waals surface area contributed by atoms with Crippen molar-refractivity contribution < 1.29 is 37.0 Å². The molecule has 9 heteroatoms. The minimum atomic E-state index is -2.72. The molecular weight excluding hydrogens is 552 g/mol. The first-order valence-corrected chi connectivity index (χ1v) is 17.6. The maximum Gasteiger partial charge on any atom is 0.500 e. The molecule has 3 aliphatic rings. The second kappa shape index (κ2) is 14.2. The van der Waals surface area contributed by atoms with Crippen LogP contribution in [0.3, 0.4) is 0 Å². The van der Waals surface area contributed by atoms with E-state index in [-0.39, 0.29) is 23.7 Å². The average molecular weight is 601 g/mol. The van der Waals surface area contributed by atoms with Crippen molar-refractivity contribution >= 4 is 8.80 Å². The molecule has 0 bridgehead atoms. The summed E-state index contributed by atoms with van der Waals surface area (Å²) in [5.74, 6) is 1.84. The second-order valence-electron chi connectivity index (χ2n) is 11.8. The molecule has 0 amide bonds. The summed E-state index contributed by atoms with van der Waals surface area (Å²) >= 11 is 0. The van der Waals surface area contributed by atoms with Crippen molar-refractivity contribution in [3.8, 4) is 11.5 Å². The molecule has 3 fully saturated rings. The molecule has 8 nitrogen and oxygen atoms in total. The van der Waals surface area contributed by atoms with E-state index in [9.17, 15) is 0 Å². The highest BCUT2D eigenvalue weighted by Gasteiger charge is 2.40. The Morgan fingerprint density at radius 3 is 1.67 bits per heavy atom. The van der Waals surface area contributed by atoms with E-state index < -0.39 is 8.80 Å². The van der Waals surface area contributed by atoms with E-state index in [2.05, 4.69) is 50.2 Å². The average Bonchev–Trinajstić information content (AvgIpc) is 3.81. The molecule has 0 radical (unpaired) electrons. The molecule has 2 aromatic carbocycles. The molecule has 3 atom stereocenters. The Balaban J connectivity index is 1.36. The lowest BCUT2D eigenvalue weighted by atomic mass is 9.76. The fourth-order valence-corrected chi connectivity index (χ4v) is 7.97. The predicted molar refractivity (Wildman–Crippen MR) is 163 cm³/mol. The number of epoxide rings is 3. The normalized spacial score (nSPS) is 21.3. The Hall–Kier alpha value is -1.98. The zero-order chi connectivity index (χ0) is 29.6. The van der Waals surface area contributed by atoms with Crippen molar-refractivity contribution in [3.63, 3.8) is 0 Å². The lowest BCUT2D eigenvalue weighted by Gasteiger charge is -2.29. The van der Waals surface area contributed by atoms with Crippen molar-refractivity contribution in [3.05, 3.63) is 58.7 Å². The van der Waals surface area contributed by atoms with Crippen molar-refractivity contribution in [1.82, 2.24) is 0 Å². The summed E-state index contributed by atoms with van der Waals surface area (Å²) in [6, 6.07) is 14.0. The number of rotatable bonds is 20. The summed E-state index contributed by atoms with van der Waals surface area (Å²) in [5.41, 5.74) is 4.63. The standard InChI is InChI=1S/C33H48O8Si/c1-6-39-42(40-7-2,41-8-3)15-9-10-24-16-26(11-13-31(24)37-22-29-20-35-29)33(4,5)27-12-14-32(38-23-30-21-36-30)25(17-27)18-28-19-34-28/h11-14,16-17,28-30H,6-10,15,18-23H2,1-5H3. The highest BCUT2D eigenvalue weighted by molar-refractivity contribution is 6.60. The predicted octanol–water partition coefficient (Wildman–Crippen LogP) is 5.49. The van der Waals surface area contributed by atoms with Crippen LogP contribution in [0.4, 0.5) is 0 Å². The number of hydrogen-bond acceptors (Lipinski definition) is 8. The molecule has 0 aliphatic carbocycles. The summed E-state index contributed by atoms with van der Waals surface area (Å²) in [6.45, 7) is 15.9. The third-order valence-electron chi connectivity index (χ3n) is 8.09. The Morgan fingerprint density at radius 1 is 0.714 bits per heavy atom. The van der Waals surface area contributed by atoms with Gasteiger partial charge in [-0.2, -0.15) is 0 Å². The molecular formula is C33H48O8Si. The van der Waals surface area contributed by atoms with Gasteiger partial charge in [0.05, 0.1) is 25.9 Å². The number of ether oxygens (including phenoxy) is 5. The maximum absolute atomic E-state index is 6.25. The zero-order valence-corrected chi connectivity index (χ0v) is 26.9. The van der Waals surface area contributed by atoms with Crippen LogP contribution in [0.5, 0.6) is 11.5 Å². The summed E-state index contributed by atoms with van der Waals surface area (Å²) in [6.07, 6.45) is 3.28. The molecule has 3 aliphatic heterocycles. The van der Waals surface area contributed by atoms with E-state index in [1.54, 1.807) is 0 Å². The molecule has 232 valence electrons. The van der Waals surface area contributed by atoms with Crippen molar-refractivity contribution in [1.29, 1.82) is 0 Å². The van der Waals surface area contributed by atoms with E-state index >= 15 is 0 Å². The van der Waals surface area contributed by atoms with Crippen LogP contribution in [0.25, 0.3) is 0 Å². The molecule has 3 heterocycles. The quantitative estimate of drug-likeness (QED) is 0.146. The topological polar surface area (TPSA) is 83.7 Å². The van der Waals surface area contributed by atoms with Gasteiger partial charge in [-0.05, 0) is 68.0 Å². The Morgan fingerprint density at radius 2 is 1.19 bits per heavy atom. The van der Waals surface area contributed by atoms with Crippen LogP contribution in [-0.2, 0) is 45.7 Å². The summed E-state index contributed by atoms with van der Waals surface area (Å²) in [7, 11) is -2.72. The Labute approximate surface area is 252 Å². The molecule has 3 saturated heterocycles. The number of aryl methyl sites for hydroxylation is 1. The third-order valence-corrected chi connectivity index (χ3v) is 11.2. The second-order valence-corrected chi connectivity index (χ2v) is 14.5. The van der Waals surface area contributed by atoms with Crippen LogP contribution in [0.2, 0.25) is 6.04 Å². The van der Waals surface area contributed by atoms with Gasteiger partial charge < -0.3 is 37.0 Å². The smallest absolute Gasteiger partial charge is 0.491 e. The van der Waals surface area contributed by atoms with Crippen LogP contribution < -0.4 is 9.47 Å². The molecule has 0 spiro atoms. The van der Waals surface area contributed by atoms with E-state index in [4.69, 9.17) is 37.0 Å². The fraction of sp³-hybridized carbons (Fsp3) is 0.636. The van der Waals surface area contributed by atoms with Crippen LogP contribution in [-0.4, -0.2) is 80.0 Å². The lowest BCUT2D eigenvalue weighted by Crippen LogP contribution is -2.46.